The lowest BCUT2D eigenvalue weighted by Crippen LogP contribution is -2.24. The van der Waals surface area contributed by atoms with Crippen LogP contribution in [0.3, 0.4) is 0 Å². The zero-order valence-corrected chi connectivity index (χ0v) is 28.3. The van der Waals surface area contributed by atoms with Gasteiger partial charge in [-0.2, -0.15) is 0 Å². The number of nitrogens with zero attached hydrogens (tertiary/aromatic N) is 1. The van der Waals surface area contributed by atoms with Crippen molar-refractivity contribution in [3.05, 3.63) is 185 Å². The summed E-state index contributed by atoms with van der Waals surface area (Å²) in [5.74, 6) is 0. The van der Waals surface area contributed by atoms with Gasteiger partial charge in [-0.3, -0.25) is 0 Å². The minimum atomic E-state index is -0.0998. The van der Waals surface area contributed by atoms with Gasteiger partial charge >= 0.3 is 0 Å². The molecule has 0 aliphatic heterocycles. The molecule has 0 fully saturated rings. The highest BCUT2D eigenvalue weighted by atomic mass is 15.0. The van der Waals surface area contributed by atoms with E-state index in [0.29, 0.717) is 0 Å². The lowest BCUT2D eigenvalue weighted by molar-refractivity contribution is 0.650. The molecule has 2 aliphatic rings. The van der Waals surface area contributed by atoms with Gasteiger partial charge in [-0.1, -0.05) is 127 Å². The number of hydrogen-bond acceptors (Lipinski definition) is 0. The van der Waals surface area contributed by atoms with Gasteiger partial charge in [0, 0.05) is 21.9 Å². The van der Waals surface area contributed by atoms with Gasteiger partial charge in [0.2, 0.25) is 0 Å². The average molecular weight is 620 g/mol. The van der Waals surface area contributed by atoms with Crippen molar-refractivity contribution in [2.45, 2.75) is 46.0 Å². The smallest absolute Gasteiger partial charge is 0.0547 e. The van der Waals surface area contributed by atoms with E-state index in [-0.39, 0.29) is 5.41 Å². The minimum absolute atomic E-state index is 0.0998. The third kappa shape index (κ3) is 4.85. The van der Waals surface area contributed by atoms with Crippen LogP contribution in [0.1, 0.15) is 47.6 Å². The van der Waals surface area contributed by atoms with Crippen molar-refractivity contribution in [1.29, 1.82) is 0 Å². The van der Waals surface area contributed by atoms with E-state index in [2.05, 4.69) is 184 Å². The lowest BCUT2D eigenvalue weighted by atomic mass is 9.71. The van der Waals surface area contributed by atoms with Crippen molar-refractivity contribution in [1.82, 2.24) is 4.57 Å². The Bertz CT molecular complexity index is 2350. The molecular formula is C47H41N. The Hall–Kier alpha value is -5.40. The Morgan fingerprint density at radius 1 is 0.542 bits per heavy atom. The van der Waals surface area contributed by atoms with E-state index in [0.717, 1.165) is 12.8 Å². The summed E-state index contributed by atoms with van der Waals surface area (Å²) in [5.41, 5.74) is 17.4. The van der Waals surface area contributed by atoms with Gasteiger partial charge in [0.1, 0.15) is 0 Å². The Morgan fingerprint density at radius 2 is 1.21 bits per heavy atom. The summed E-state index contributed by atoms with van der Waals surface area (Å²) in [6, 6.07) is 48.7. The fourth-order valence-electron chi connectivity index (χ4n) is 8.11. The first-order valence-corrected chi connectivity index (χ1v) is 17.2. The molecule has 6 aromatic carbocycles. The molecule has 0 radical (unpaired) electrons. The highest BCUT2D eigenvalue weighted by Crippen LogP contribution is 2.55. The average Bonchev–Trinajstić information content (AvgIpc) is 3.58. The number of fused-ring (bicyclic) bond motifs is 6. The quantitative estimate of drug-likeness (QED) is 0.185. The molecule has 7 aromatic rings. The summed E-state index contributed by atoms with van der Waals surface area (Å²) in [5, 5.41) is 2.65. The van der Waals surface area contributed by atoms with Gasteiger partial charge in [-0.15, -0.1) is 0 Å². The number of hydrogen-bond donors (Lipinski definition) is 0. The molecule has 0 bridgehead atoms. The van der Waals surface area contributed by atoms with E-state index < -0.39 is 0 Å². The first-order valence-electron chi connectivity index (χ1n) is 17.2. The van der Waals surface area contributed by atoms with Crippen LogP contribution in [0.15, 0.2) is 157 Å². The van der Waals surface area contributed by atoms with Crippen LogP contribution in [0.25, 0.3) is 49.7 Å². The highest BCUT2D eigenvalue weighted by molar-refractivity contribution is 6.11. The summed E-state index contributed by atoms with van der Waals surface area (Å²) >= 11 is 0. The lowest BCUT2D eigenvalue weighted by Gasteiger charge is -2.32. The second kappa shape index (κ2) is 12.0. The zero-order valence-electron chi connectivity index (χ0n) is 28.3. The minimum Gasteiger partial charge on any atom is -0.309 e. The first-order chi connectivity index (χ1) is 23.4. The predicted molar refractivity (Wildman–Crippen MR) is 205 cm³/mol. The largest absolute Gasteiger partial charge is 0.309 e. The van der Waals surface area contributed by atoms with Crippen molar-refractivity contribution in [3.63, 3.8) is 0 Å². The molecule has 234 valence electrons. The van der Waals surface area contributed by atoms with Crippen LogP contribution in [0.2, 0.25) is 0 Å². The predicted octanol–water partition coefficient (Wildman–Crippen LogP) is 12.6. The standard InChI is InChI=1S/C33H27N.C14H14/c1-22-11-10-14-24(19-22)34-31-18-9-7-16-26(31)28-20-30-27(21-32(28)34)25-15-6-8-17-29(25)33(30,2)23-12-4-3-5-13-23;1-11-7-3-5-9-13(11)14-10-6-4-8-12(14)2/h3-4,6-12,14-21H,5,13H2,1-2H3;3-10H,1-2H3. The summed E-state index contributed by atoms with van der Waals surface area (Å²) in [7, 11) is 0. The summed E-state index contributed by atoms with van der Waals surface area (Å²) < 4.78 is 2.44. The molecule has 1 heteroatoms. The van der Waals surface area contributed by atoms with Gasteiger partial charge in [0.15, 0.2) is 0 Å². The highest BCUT2D eigenvalue weighted by Gasteiger charge is 2.42. The molecule has 0 spiro atoms. The second-order valence-electron chi connectivity index (χ2n) is 13.6. The zero-order chi connectivity index (χ0) is 32.8. The number of benzene rings is 6. The molecule has 1 heterocycles. The molecule has 1 unspecified atom stereocenters. The maximum absolute atomic E-state index is 2.50. The van der Waals surface area contributed by atoms with Gasteiger partial charge in [0.25, 0.3) is 0 Å². The normalized spacial score (nSPS) is 16.3. The van der Waals surface area contributed by atoms with Gasteiger partial charge < -0.3 is 4.57 Å². The molecule has 9 rings (SSSR count). The van der Waals surface area contributed by atoms with Crippen LogP contribution in [0.4, 0.5) is 0 Å². The molecular weight excluding hydrogens is 579 g/mol. The Kier molecular flexibility index (Phi) is 7.49. The van der Waals surface area contributed by atoms with Crippen molar-refractivity contribution in [3.8, 4) is 27.9 Å². The molecule has 1 atom stereocenters. The van der Waals surface area contributed by atoms with Crippen LogP contribution in [0.5, 0.6) is 0 Å². The van der Waals surface area contributed by atoms with Gasteiger partial charge in [-0.05, 0) is 121 Å². The van der Waals surface area contributed by atoms with E-state index in [9.17, 15) is 0 Å². The van der Waals surface area contributed by atoms with E-state index in [1.165, 1.54) is 83.1 Å². The molecule has 0 N–H and O–H groups in total. The van der Waals surface area contributed by atoms with E-state index in [4.69, 9.17) is 0 Å². The van der Waals surface area contributed by atoms with Crippen LogP contribution in [0, 0.1) is 20.8 Å². The van der Waals surface area contributed by atoms with E-state index >= 15 is 0 Å². The molecule has 1 aromatic heterocycles. The molecule has 0 saturated carbocycles. The van der Waals surface area contributed by atoms with E-state index in [1.807, 2.05) is 0 Å². The molecule has 0 saturated heterocycles. The van der Waals surface area contributed by atoms with Gasteiger partial charge in [0.05, 0.1) is 11.0 Å². The number of para-hydroxylation sites is 1. The van der Waals surface area contributed by atoms with Gasteiger partial charge in [-0.25, -0.2) is 0 Å². The monoisotopic (exact) mass is 619 g/mol. The SMILES string of the molecule is Cc1cccc(-n2c3ccccc3c3cc4c(cc32)-c2ccccc2C4(C)C2=CC=CCC2)c1.Cc1ccccc1-c1ccccc1C. The number of aryl methyl sites for hydroxylation is 3. The van der Waals surface area contributed by atoms with Crippen LogP contribution < -0.4 is 0 Å². The molecule has 1 nitrogen and oxygen atoms in total. The Labute approximate surface area is 284 Å². The third-order valence-corrected chi connectivity index (χ3v) is 10.6. The van der Waals surface area contributed by atoms with Crippen molar-refractivity contribution >= 4 is 21.8 Å². The van der Waals surface area contributed by atoms with Crippen LogP contribution >= 0.6 is 0 Å². The Morgan fingerprint density at radius 3 is 1.90 bits per heavy atom. The summed E-state index contributed by atoms with van der Waals surface area (Å²) in [6.45, 7) is 8.92. The maximum Gasteiger partial charge on any atom is 0.0547 e. The number of aromatic nitrogens is 1. The van der Waals surface area contributed by atoms with Crippen molar-refractivity contribution in [2.24, 2.45) is 0 Å². The molecule has 48 heavy (non-hydrogen) atoms. The molecule has 0 amide bonds. The number of rotatable bonds is 3. The third-order valence-electron chi connectivity index (χ3n) is 10.6. The molecule has 2 aliphatic carbocycles. The first kappa shape index (κ1) is 30.0. The van der Waals surface area contributed by atoms with E-state index in [1.54, 1.807) is 0 Å². The summed E-state index contributed by atoms with van der Waals surface area (Å²) in [4.78, 5) is 0. The van der Waals surface area contributed by atoms with Crippen molar-refractivity contribution in [2.75, 3.05) is 0 Å². The van der Waals surface area contributed by atoms with Crippen molar-refractivity contribution < 1.29 is 0 Å². The fourth-order valence-corrected chi connectivity index (χ4v) is 8.11. The second-order valence-corrected chi connectivity index (χ2v) is 13.6. The maximum atomic E-state index is 2.50. The number of allylic oxidation sites excluding steroid dienone is 4. The Balaban J connectivity index is 0.000000202. The fraction of sp³-hybridized carbons (Fsp3) is 0.149. The summed E-state index contributed by atoms with van der Waals surface area (Å²) in [6.07, 6.45) is 9.12. The van der Waals surface area contributed by atoms with Crippen LogP contribution in [-0.2, 0) is 5.41 Å². The topological polar surface area (TPSA) is 4.93 Å². The van der Waals surface area contributed by atoms with Crippen LogP contribution in [-0.4, -0.2) is 4.57 Å².